The zero-order valence-corrected chi connectivity index (χ0v) is 11.6. The second kappa shape index (κ2) is 5.71. The second-order valence-electron chi connectivity index (χ2n) is 3.65. The van der Waals surface area contributed by atoms with Crippen LogP contribution >= 0.6 is 15.9 Å². The predicted octanol–water partition coefficient (Wildman–Crippen LogP) is 4.16. The number of methoxy groups -OCH3 is 1. The summed E-state index contributed by atoms with van der Waals surface area (Å²) in [5.74, 6) is 1.39. The van der Waals surface area contributed by atoms with Gasteiger partial charge in [0.05, 0.1) is 12.0 Å². The molecule has 0 N–H and O–H groups in total. The zero-order chi connectivity index (χ0) is 13.8. The van der Waals surface area contributed by atoms with Gasteiger partial charge < -0.3 is 9.47 Å². The van der Waals surface area contributed by atoms with E-state index in [-0.39, 0.29) is 11.4 Å². The van der Waals surface area contributed by atoms with E-state index in [9.17, 15) is 10.1 Å². The van der Waals surface area contributed by atoms with Crippen molar-refractivity contribution in [2.45, 2.75) is 0 Å². The van der Waals surface area contributed by atoms with Crippen LogP contribution in [0.4, 0.5) is 5.69 Å². The molecule has 5 nitrogen and oxygen atoms in total. The number of nitro groups is 1. The Morgan fingerprint density at radius 3 is 2.32 bits per heavy atom. The Morgan fingerprint density at radius 1 is 1.11 bits per heavy atom. The molecule has 0 saturated heterocycles. The molecule has 6 heteroatoms. The van der Waals surface area contributed by atoms with Gasteiger partial charge in [0, 0.05) is 10.5 Å². The number of ether oxygens (including phenoxy) is 2. The number of halogens is 1. The highest BCUT2D eigenvalue weighted by molar-refractivity contribution is 9.10. The third kappa shape index (κ3) is 3.23. The molecule has 0 aliphatic heterocycles. The number of hydrogen-bond acceptors (Lipinski definition) is 4. The molecule has 0 saturated carbocycles. The molecule has 0 atom stereocenters. The molecular weight excluding hydrogens is 314 g/mol. The quantitative estimate of drug-likeness (QED) is 0.626. The predicted molar refractivity (Wildman–Crippen MR) is 73.9 cm³/mol. The van der Waals surface area contributed by atoms with Crippen molar-refractivity contribution < 1.29 is 14.4 Å². The Bertz CT molecular complexity index is 598. The van der Waals surface area contributed by atoms with E-state index in [1.807, 2.05) is 0 Å². The summed E-state index contributed by atoms with van der Waals surface area (Å²) in [5, 5.41) is 10.9. The van der Waals surface area contributed by atoms with Gasteiger partial charge >= 0.3 is 5.69 Å². The standard InChI is InChI=1S/C13H10BrNO4/c1-18-10-3-5-11(6-4-10)19-13-7-2-9(14)8-12(13)15(16)17/h2-8H,1H3. The Kier molecular flexibility index (Phi) is 4.01. The Labute approximate surface area is 118 Å². The molecule has 2 rings (SSSR count). The van der Waals surface area contributed by atoms with Gasteiger partial charge in [-0.3, -0.25) is 10.1 Å². The van der Waals surface area contributed by atoms with Gasteiger partial charge in [0.25, 0.3) is 0 Å². The summed E-state index contributed by atoms with van der Waals surface area (Å²) >= 11 is 3.19. The molecule has 0 aromatic heterocycles. The molecule has 0 amide bonds. The fourth-order valence-corrected chi connectivity index (χ4v) is 1.84. The van der Waals surface area contributed by atoms with Crippen molar-refractivity contribution in [2.24, 2.45) is 0 Å². The molecule has 0 unspecified atom stereocenters. The van der Waals surface area contributed by atoms with Gasteiger partial charge in [0.15, 0.2) is 0 Å². The van der Waals surface area contributed by atoms with Crippen LogP contribution in [0.3, 0.4) is 0 Å². The van der Waals surface area contributed by atoms with E-state index in [0.29, 0.717) is 16.0 Å². The van der Waals surface area contributed by atoms with Crippen LogP contribution in [0.15, 0.2) is 46.9 Å². The van der Waals surface area contributed by atoms with E-state index in [4.69, 9.17) is 9.47 Å². The van der Waals surface area contributed by atoms with Gasteiger partial charge in [-0.15, -0.1) is 0 Å². The van der Waals surface area contributed by atoms with Crippen LogP contribution in [-0.4, -0.2) is 12.0 Å². The van der Waals surface area contributed by atoms with E-state index in [1.165, 1.54) is 6.07 Å². The lowest BCUT2D eigenvalue weighted by molar-refractivity contribution is -0.385. The van der Waals surface area contributed by atoms with Gasteiger partial charge in [-0.25, -0.2) is 0 Å². The lowest BCUT2D eigenvalue weighted by atomic mass is 10.3. The van der Waals surface area contributed by atoms with Crippen LogP contribution in [0.25, 0.3) is 0 Å². The Balaban J connectivity index is 2.29. The molecule has 0 radical (unpaired) electrons. The van der Waals surface area contributed by atoms with E-state index < -0.39 is 4.92 Å². The lowest BCUT2D eigenvalue weighted by Crippen LogP contribution is -1.93. The molecule has 98 valence electrons. The topological polar surface area (TPSA) is 61.6 Å². The van der Waals surface area contributed by atoms with E-state index in [1.54, 1.807) is 43.5 Å². The minimum Gasteiger partial charge on any atom is -0.497 e. The number of nitrogens with zero attached hydrogens (tertiary/aromatic N) is 1. The van der Waals surface area contributed by atoms with Gasteiger partial charge in [-0.1, -0.05) is 15.9 Å². The summed E-state index contributed by atoms with van der Waals surface area (Å²) in [4.78, 5) is 10.5. The maximum atomic E-state index is 10.9. The first-order chi connectivity index (χ1) is 9.10. The van der Waals surface area contributed by atoms with Crippen LogP contribution < -0.4 is 9.47 Å². The van der Waals surface area contributed by atoms with Crippen LogP contribution in [0.2, 0.25) is 0 Å². The summed E-state index contributed by atoms with van der Waals surface area (Å²) in [6.45, 7) is 0. The number of hydrogen-bond donors (Lipinski definition) is 0. The number of rotatable bonds is 4. The average molecular weight is 324 g/mol. The average Bonchev–Trinajstić information content (AvgIpc) is 2.41. The first kappa shape index (κ1) is 13.4. The fourth-order valence-electron chi connectivity index (χ4n) is 1.49. The molecule has 0 bridgehead atoms. The fraction of sp³-hybridized carbons (Fsp3) is 0.0769. The van der Waals surface area contributed by atoms with Crippen LogP contribution in [0, 0.1) is 10.1 Å². The SMILES string of the molecule is COc1ccc(Oc2ccc(Br)cc2[N+](=O)[O-])cc1. The van der Waals surface area contributed by atoms with Crippen LogP contribution in [-0.2, 0) is 0 Å². The molecule has 2 aromatic carbocycles. The van der Waals surface area contributed by atoms with Crippen molar-refractivity contribution in [1.82, 2.24) is 0 Å². The molecule has 0 aliphatic carbocycles. The van der Waals surface area contributed by atoms with E-state index >= 15 is 0 Å². The normalized spacial score (nSPS) is 10.0. The smallest absolute Gasteiger partial charge is 0.312 e. The first-order valence-corrected chi connectivity index (χ1v) is 6.15. The summed E-state index contributed by atoms with van der Waals surface area (Å²) < 4.78 is 11.2. The third-order valence-electron chi connectivity index (χ3n) is 2.40. The number of nitro benzene ring substituents is 1. The Hall–Kier alpha value is -2.08. The van der Waals surface area contributed by atoms with Crippen LogP contribution in [0.1, 0.15) is 0 Å². The summed E-state index contributed by atoms with van der Waals surface area (Å²) in [6, 6.07) is 11.5. The molecule has 0 spiro atoms. The molecule has 0 heterocycles. The van der Waals surface area contributed by atoms with Crippen molar-refractivity contribution in [2.75, 3.05) is 7.11 Å². The Morgan fingerprint density at radius 2 is 1.74 bits per heavy atom. The molecular formula is C13H10BrNO4. The minimum atomic E-state index is -0.483. The molecule has 0 fully saturated rings. The second-order valence-corrected chi connectivity index (χ2v) is 4.56. The maximum absolute atomic E-state index is 10.9. The highest BCUT2D eigenvalue weighted by Crippen LogP contribution is 2.34. The maximum Gasteiger partial charge on any atom is 0.312 e. The van der Waals surface area contributed by atoms with Gasteiger partial charge in [-0.05, 0) is 36.4 Å². The monoisotopic (exact) mass is 323 g/mol. The largest absolute Gasteiger partial charge is 0.497 e. The summed E-state index contributed by atoms with van der Waals surface area (Å²) in [7, 11) is 1.56. The summed E-state index contributed by atoms with van der Waals surface area (Å²) in [6.07, 6.45) is 0. The minimum absolute atomic E-state index is 0.0924. The first-order valence-electron chi connectivity index (χ1n) is 5.36. The molecule has 19 heavy (non-hydrogen) atoms. The van der Waals surface area contributed by atoms with Gasteiger partial charge in [0.2, 0.25) is 5.75 Å². The lowest BCUT2D eigenvalue weighted by Gasteiger charge is -2.07. The zero-order valence-electron chi connectivity index (χ0n) is 10.00. The van der Waals surface area contributed by atoms with Gasteiger partial charge in [0.1, 0.15) is 11.5 Å². The van der Waals surface area contributed by atoms with Crippen molar-refractivity contribution in [3.05, 3.63) is 57.1 Å². The third-order valence-corrected chi connectivity index (χ3v) is 2.90. The van der Waals surface area contributed by atoms with Crippen molar-refractivity contribution in [3.8, 4) is 17.2 Å². The molecule has 2 aromatic rings. The molecule has 0 aliphatic rings. The summed E-state index contributed by atoms with van der Waals surface area (Å²) in [5.41, 5.74) is -0.0924. The van der Waals surface area contributed by atoms with Crippen molar-refractivity contribution in [1.29, 1.82) is 0 Å². The van der Waals surface area contributed by atoms with Crippen LogP contribution in [0.5, 0.6) is 17.2 Å². The van der Waals surface area contributed by atoms with E-state index in [0.717, 1.165) is 0 Å². The van der Waals surface area contributed by atoms with Gasteiger partial charge in [-0.2, -0.15) is 0 Å². The highest BCUT2D eigenvalue weighted by Gasteiger charge is 2.16. The number of benzene rings is 2. The van der Waals surface area contributed by atoms with Crippen molar-refractivity contribution >= 4 is 21.6 Å². The highest BCUT2D eigenvalue weighted by atomic mass is 79.9. The van der Waals surface area contributed by atoms with Crippen molar-refractivity contribution in [3.63, 3.8) is 0 Å². The van der Waals surface area contributed by atoms with E-state index in [2.05, 4.69) is 15.9 Å².